The fourth-order valence-electron chi connectivity index (χ4n) is 1.97. The van der Waals surface area contributed by atoms with Gasteiger partial charge < -0.3 is 20.4 Å². The van der Waals surface area contributed by atoms with Gasteiger partial charge in [0, 0.05) is 18.7 Å². The molecule has 0 aromatic heterocycles. The molecule has 0 aliphatic carbocycles. The molecule has 0 bridgehead atoms. The first-order valence-corrected chi connectivity index (χ1v) is 6.15. The molecule has 0 unspecified atom stereocenters. The molecule has 0 radical (unpaired) electrons. The number of nitrogens with one attached hydrogen (secondary N) is 1. The van der Waals surface area contributed by atoms with Crippen LogP contribution >= 0.6 is 0 Å². The lowest BCUT2D eigenvalue weighted by Gasteiger charge is -2.15. The van der Waals surface area contributed by atoms with E-state index in [2.05, 4.69) is 5.32 Å². The van der Waals surface area contributed by atoms with Crippen LogP contribution in [0.2, 0.25) is 0 Å². The number of carbonyl (C=O) groups excluding carboxylic acids is 2. The monoisotopic (exact) mass is 282 g/mol. The summed E-state index contributed by atoms with van der Waals surface area (Å²) in [5, 5.41) is 21.0. The Bertz CT molecular complexity index is 513. The zero-order chi connectivity index (χ0) is 14.7. The second-order valence-electron chi connectivity index (χ2n) is 4.63. The minimum absolute atomic E-state index is 0.0375. The van der Waals surface area contributed by atoms with Crippen molar-refractivity contribution in [1.29, 1.82) is 0 Å². The van der Waals surface area contributed by atoms with Crippen LogP contribution in [-0.4, -0.2) is 58.8 Å². The van der Waals surface area contributed by atoms with Gasteiger partial charge in [-0.1, -0.05) is 6.07 Å². The van der Waals surface area contributed by atoms with Crippen molar-refractivity contribution in [3.63, 3.8) is 0 Å². The molecule has 1 fully saturated rings. The quantitative estimate of drug-likeness (QED) is 0.671. The summed E-state index contributed by atoms with van der Waals surface area (Å²) in [5.41, 5.74) is 0.124. The third-order valence-electron chi connectivity index (χ3n) is 3.10. The van der Waals surface area contributed by atoms with Gasteiger partial charge >= 0.3 is 0 Å². The summed E-state index contributed by atoms with van der Waals surface area (Å²) in [7, 11) is 0. The van der Waals surface area contributed by atoms with Crippen molar-refractivity contribution in [3.8, 4) is 0 Å². The minimum Gasteiger partial charge on any atom is -0.388 e. The Morgan fingerprint density at radius 2 is 1.95 bits per heavy atom. The highest BCUT2D eigenvalue weighted by Gasteiger charge is 2.32. The molecule has 1 aromatic carbocycles. The summed E-state index contributed by atoms with van der Waals surface area (Å²) >= 11 is 0. The predicted octanol–water partition coefficient (Wildman–Crippen LogP) is -0.880. The Kier molecular flexibility index (Phi) is 4.31. The molecule has 0 saturated carbocycles. The number of rotatable bonds is 3. The van der Waals surface area contributed by atoms with E-state index in [0.29, 0.717) is 0 Å². The molecule has 3 N–H and O–H groups in total. The van der Waals surface area contributed by atoms with Crippen molar-refractivity contribution in [2.75, 3.05) is 19.6 Å². The van der Waals surface area contributed by atoms with Crippen LogP contribution in [0.3, 0.4) is 0 Å². The van der Waals surface area contributed by atoms with Gasteiger partial charge in [0.1, 0.15) is 5.82 Å². The Hall–Kier alpha value is -1.99. The van der Waals surface area contributed by atoms with Gasteiger partial charge in [0.2, 0.25) is 5.91 Å². The number of halogens is 1. The van der Waals surface area contributed by atoms with Crippen molar-refractivity contribution in [1.82, 2.24) is 10.2 Å². The van der Waals surface area contributed by atoms with Crippen LogP contribution in [0, 0.1) is 5.82 Å². The largest absolute Gasteiger partial charge is 0.388 e. The number of hydrogen-bond acceptors (Lipinski definition) is 4. The lowest BCUT2D eigenvalue weighted by molar-refractivity contribution is -0.129. The molecule has 1 aromatic rings. The number of nitrogens with zero attached hydrogens (tertiary/aromatic N) is 1. The van der Waals surface area contributed by atoms with E-state index in [-0.39, 0.29) is 25.2 Å². The number of amides is 2. The van der Waals surface area contributed by atoms with Gasteiger partial charge in [-0.25, -0.2) is 4.39 Å². The van der Waals surface area contributed by atoms with Crippen LogP contribution in [-0.2, 0) is 4.79 Å². The molecule has 7 heteroatoms. The molecule has 1 aliphatic rings. The van der Waals surface area contributed by atoms with Crippen LogP contribution < -0.4 is 5.32 Å². The zero-order valence-corrected chi connectivity index (χ0v) is 10.6. The fourth-order valence-corrected chi connectivity index (χ4v) is 1.97. The number of hydrogen-bond donors (Lipinski definition) is 3. The topological polar surface area (TPSA) is 89.9 Å². The lowest BCUT2D eigenvalue weighted by Crippen LogP contribution is -2.39. The van der Waals surface area contributed by atoms with E-state index in [9.17, 15) is 24.2 Å². The van der Waals surface area contributed by atoms with E-state index < -0.39 is 29.8 Å². The zero-order valence-electron chi connectivity index (χ0n) is 10.6. The Balaban J connectivity index is 1.86. The molecule has 0 spiro atoms. The van der Waals surface area contributed by atoms with Gasteiger partial charge in [0.15, 0.2) is 0 Å². The van der Waals surface area contributed by atoms with Crippen molar-refractivity contribution < 1.29 is 24.2 Å². The number of likely N-dealkylation sites (tertiary alicyclic amines) is 1. The third-order valence-corrected chi connectivity index (χ3v) is 3.10. The maximum absolute atomic E-state index is 12.9. The van der Waals surface area contributed by atoms with Crippen LogP contribution in [0.15, 0.2) is 24.3 Å². The van der Waals surface area contributed by atoms with E-state index in [1.165, 1.54) is 23.1 Å². The van der Waals surface area contributed by atoms with Gasteiger partial charge in [-0.3, -0.25) is 9.59 Å². The molecular weight excluding hydrogens is 267 g/mol. The van der Waals surface area contributed by atoms with Gasteiger partial charge in [-0.05, 0) is 18.2 Å². The van der Waals surface area contributed by atoms with E-state index in [1.807, 2.05) is 0 Å². The first-order chi connectivity index (χ1) is 9.47. The number of aliphatic hydroxyl groups is 2. The highest BCUT2D eigenvalue weighted by atomic mass is 19.1. The van der Waals surface area contributed by atoms with Gasteiger partial charge in [-0.15, -0.1) is 0 Å². The molecule has 6 nitrogen and oxygen atoms in total. The van der Waals surface area contributed by atoms with E-state index in [0.717, 1.165) is 6.07 Å². The maximum atomic E-state index is 12.9. The highest BCUT2D eigenvalue weighted by molar-refractivity contribution is 5.96. The van der Waals surface area contributed by atoms with Crippen molar-refractivity contribution >= 4 is 11.8 Å². The molecular formula is C13H15FN2O4. The molecule has 2 amide bonds. The normalized spacial score (nSPS) is 21.9. The van der Waals surface area contributed by atoms with Crippen molar-refractivity contribution in [3.05, 3.63) is 35.6 Å². The average molecular weight is 282 g/mol. The summed E-state index contributed by atoms with van der Waals surface area (Å²) in [6.45, 7) is -0.194. The van der Waals surface area contributed by atoms with E-state index in [4.69, 9.17) is 0 Å². The van der Waals surface area contributed by atoms with Gasteiger partial charge in [0.05, 0.1) is 18.8 Å². The fraction of sp³-hybridized carbons (Fsp3) is 0.385. The average Bonchev–Trinajstić information content (AvgIpc) is 2.76. The number of β-amino-alcohol motifs (C(OH)–C–C–N with tert-alkyl or cyclic N) is 2. The molecule has 108 valence electrons. The van der Waals surface area contributed by atoms with Crippen LogP contribution in [0.1, 0.15) is 10.4 Å². The Morgan fingerprint density at radius 3 is 2.55 bits per heavy atom. The molecule has 2 atom stereocenters. The molecule has 2 rings (SSSR count). The Labute approximate surface area is 114 Å². The van der Waals surface area contributed by atoms with Gasteiger partial charge in [-0.2, -0.15) is 0 Å². The number of benzene rings is 1. The maximum Gasteiger partial charge on any atom is 0.251 e. The van der Waals surface area contributed by atoms with Crippen molar-refractivity contribution in [2.24, 2.45) is 0 Å². The van der Waals surface area contributed by atoms with E-state index >= 15 is 0 Å². The summed E-state index contributed by atoms with van der Waals surface area (Å²) in [6, 6.07) is 5.13. The highest BCUT2D eigenvalue weighted by Crippen LogP contribution is 2.09. The second-order valence-corrected chi connectivity index (χ2v) is 4.63. The summed E-state index contributed by atoms with van der Waals surface area (Å²) in [5.74, 6) is -1.50. The van der Waals surface area contributed by atoms with Gasteiger partial charge in [0.25, 0.3) is 5.91 Å². The molecule has 1 aliphatic heterocycles. The first kappa shape index (κ1) is 14.4. The minimum atomic E-state index is -0.960. The SMILES string of the molecule is O=C(NCC(=O)N1C[C@@H](O)[C@@H](O)C1)c1cccc(F)c1. The van der Waals surface area contributed by atoms with Crippen molar-refractivity contribution in [2.45, 2.75) is 12.2 Å². The smallest absolute Gasteiger partial charge is 0.251 e. The molecule has 1 heterocycles. The first-order valence-electron chi connectivity index (χ1n) is 6.15. The summed E-state index contributed by atoms with van der Waals surface area (Å²) in [4.78, 5) is 24.7. The predicted molar refractivity (Wildman–Crippen MR) is 67.3 cm³/mol. The van der Waals surface area contributed by atoms with Crippen LogP contribution in [0.25, 0.3) is 0 Å². The molecule has 20 heavy (non-hydrogen) atoms. The standard InChI is InChI=1S/C13H15FN2O4/c14-9-3-1-2-8(4-9)13(20)15-5-12(19)16-6-10(17)11(18)7-16/h1-4,10-11,17-18H,5-7H2,(H,15,20)/t10-,11+. The third kappa shape index (κ3) is 3.31. The molecule has 1 saturated heterocycles. The number of carbonyl (C=O) groups is 2. The number of aliphatic hydroxyl groups excluding tert-OH is 2. The lowest BCUT2D eigenvalue weighted by atomic mass is 10.2. The second kappa shape index (κ2) is 5.98. The van der Waals surface area contributed by atoms with Crippen LogP contribution in [0.4, 0.5) is 4.39 Å². The summed E-state index contributed by atoms with van der Waals surface area (Å²) < 4.78 is 12.9. The van der Waals surface area contributed by atoms with Crippen LogP contribution in [0.5, 0.6) is 0 Å². The van der Waals surface area contributed by atoms with E-state index in [1.54, 1.807) is 0 Å². The Morgan fingerprint density at radius 1 is 1.30 bits per heavy atom. The summed E-state index contributed by atoms with van der Waals surface area (Å²) in [6.07, 6.45) is -1.92.